The molecule has 0 N–H and O–H groups in total. The fourth-order valence-corrected chi connectivity index (χ4v) is 2.99. The average Bonchev–Trinajstić information content (AvgIpc) is 2.61. The van der Waals surface area contributed by atoms with Gasteiger partial charge < -0.3 is 14.2 Å². The smallest absolute Gasteiger partial charge is 0.126 e. The van der Waals surface area contributed by atoms with E-state index >= 15 is 0 Å². The summed E-state index contributed by atoms with van der Waals surface area (Å²) in [5.74, 6) is 2.70. The average molecular weight is 313 g/mol. The van der Waals surface area contributed by atoms with Gasteiger partial charge in [-0.2, -0.15) is 0 Å². The van der Waals surface area contributed by atoms with E-state index in [1.165, 1.54) is 11.1 Å². The Bertz CT molecular complexity index is 643. The zero-order chi connectivity index (χ0) is 16.1. The summed E-state index contributed by atoms with van der Waals surface area (Å²) < 4.78 is 16.7. The third-order valence-electron chi connectivity index (χ3n) is 4.22. The lowest BCUT2D eigenvalue weighted by Crippen LogP contribution is -2.34. The van der Waals surface area contributed by atoms with E-state index in [1.807, 2.05) is 36.4 Å². The maximum Gasteiger partial charge on any atom is 0.126 e. The third-order valence-corrected chi connectivity index (χ3v) is 4.22. The molecule has 3 rings (SSSR count). The molecule has 0 spiro atoms. The lowest BCUT2D eigenvalue weighted by molar-refractivity contribution is 0.195. The molecule has 1 aliphatic heterocycles. The first-order valence-electron chi connectivity index (χ1n) is 7.94. The van der Waals surface area contributed by atoms with Crippen molar-refractivity contribution >= 4 is 0 Å². The van der Waals surface area contributed by atoms with E-state index in [1.54, 1.807) is 14.2 Å². The second-order valence-corrected chi connectivity index (χ2v) is 5.65. The first kappa shape index (κ1) is 15.7. The molecule has 4 nitrogen and oxygen atoms in total. The molecule has 0 atom stereocenters. The summed E-state index contributed by atoms with van der Waals surface area (Å²) >= 11 is 0. The van der Waals surface area contributed by atoms with Crippen molar-refractivity contribution in [1.29, 1.82) is 0 Å². The third kappa shape index (κ3) is 3.77. The molecule has 0 radical (unpaired) electrons. The Labute approximate surface area is 137 Å². The topological polar surface area (TPSA) is 30.9 Å². The van der Waals surface area contributed by atoms with Crippen molar-refractivity contribution in [2.75, 3.05) is 33.9 Å². The molecule has 0 bridgehead atoms. The molecular weight excluding hydrogens is 290 g/mol. The van der Waals surface area contributed by atoms with Crippen LogP contribution < -0.4 is 14.2 Å². The van der Waals surface area contributed by atoms with Crippen LogP contribution in [-0.2, 0) is 13.0 Å². The van der Waals surface area contributed by atoms with Gasteiger partial charge in [-0.3, -0.25) is 4.90 Å². The van der Waals surface area contributed by atoms with Crippen LogP contribution in [0, 0.1) is 0 Å². The van der Waals surface area contributed by atoms with Crippen molar-refractivity contribution in [3.8, 4) is 17.2 Å². The number of hydrogen-bond acceptors (Lipinski definition) is 4. The number of fused-ring (bicyclic) bond motifs is 1. The molecule has 23 heavy (non-hydrogen) atoms. The Morgan fingerprint density at radius 3 is 2.57 bits per heavy atom. The highest BCUT2D eigenvalue weighted by Gasteiger charge is 2.20. The van der Waals surface area contributed by atoms with E-state index < -0.39 is 0 Å². The number of para-hydroxylation sites is 1. The summed E-state index contributed by atoms with van der Waals surface area (Å²) in [5, 5.41) is 0. The normalized spacial score (nSPS) is 14.2. The van der Waals surface area contributed by atoms with E-state index in [-0.39, 0.29) is 0 Å². The van der Waals surface area contributed by atoms with Crippen molar-refractivity contribution in [2.45, 2.75) is 13.0 Å². The van der Waals surface area contributed by atoms with E-state index in [0.717, 1.165) is 43.3 Å². The van der Waals surface area contributed by atoms with Gasteiger partial charge in [-0.05, 0) is 30.2 Å². The van der Waals surface area contributed by atoms with Gasteiger partial charge in [0.1, 0.15) is 23.9 Å². The van der Waals surface area contributed by atoms with E-state index in [0.29, 0.717) is 6.61 Å². The van der Waals surface area contributed by atoms with Crippen LogP contribution in [-0.4, -0.2) is 38.8 Å². The standard InChI is InChI=1S/C19H23NO3/c1-21-17-12-15-14-20(9-8-18(15)19(13-17)22-2)10-11-23-16-6-4-3-5-7-16/h3-7,12-13H,8-11,14H2,1-2H3. The summed E-state index contributed by atoms with van der Waals surface area (Å²) in [5.41, 5.74) is 2.58. The van der Waals surface area contributed by atoms with Crippen molar-refractivity contribution in [1.82, 2.24) is 4.90 Å². The van der Waals surface area contributed by atoms with Crippen molar-refractivity contribution in [3.63, 3.8) is 0 Å². The van der Waals surface area contributed by atoms with Gasteiger partial charge in [0.2, 0.25) is 0 Å². The molecule has 4 heteroatoms. The van der Waals surface area contributed by atoms with Crippen molar-refractivity contribution in [2.24, 2.45) is 0 Å². The number of benzene rings is 2. The van der Waals surface area contributed by atoms with Gasteiger partial charge in [-0.1, -0.05) is 18.2 Å². The van der Waals surface area contributed by atoms with Gasteiger partial charge in [-0.25, -0.2) is 0 Å². The lowest BCUT2D eigenvalue weighted by Gasteiger charge is -2.30. The fourth-order valence-electron chi connectivity index (χ4n) is 2.99. The molecule has 2 aromatic carbocycles. The van der Waals surface area contributed by atoms with Crippen LogP contribution in [0.15, 0.2) is 42.5 Å². The van der Waals surface area contributed by atoms with Crippen LogP contribution in [0.1, 0.15) is 11.1 Å². The van der Waals surface area contributed by atoms with Gasteiger partial charge in [0.25, 0.3) is 0 Å². The van der Waals surface area contributed by atoms with Gasteiger partial charge in [-0.15, -0.1) is 0 Å². The summed E-state index contributed by atoms with van der Waals surface area (Å²) in [4.78, 5) is 2.41. The number of nitrogens with zero attached hydrogens (tertiary/aromatic N) is 1. The van der Waals surface area contributed by atoms with Crippen LogP contribution in [0.25, 0.3) is 0 Å². The maximum atomic E-state index is 5.80. The zero-order valence-corrected chi connectivity index (χ0v) is 13.7. The molecule has 122 valence electrons. The predicted molar refractivity (Wildman–Crippen MR) is 90.5 cm³/mol. The first-order valence-corrected chi connectivity index (χ1v) is 7.94. The maximum absolute atomic E-state index is 5.80. The molecule has 0 aromatic heterocycles. The summed E-state index contributed by atoms with van der Waals surface area (Å²) in [7, 11) is 3.41. The largest absolute Gasteiger partial charge is 0.497 e. The molecule has 0 fully saturated rings. The van der Waals surface area contributed by atoms with Crippen LogP contribution in [0.5, 0.6) is 17.2 Å². The van der Waals surface area contributed by atoms with Gasteiger partial charge in [0.15, 0.2) is 0 Å². The molecule has 0 saturated heterocycles. The van der Waals surface area contributed by atoms with Gasteiger partial charge in [0.05, 0.1) is 14.2 Å². The first-order chi connectivity index (χ1) is 11.3. The van der Waals surface area contributed by atoms with Crippen LogP contribution in [0.3, 0.4) is 0 Å². The van der Waals surface area contributed by atoms with Crippen molar-refractivity contribution in [3.05, 3.63) is 53.6 Å². The zero-order valence-electron chi connectivity index (χ0n) is 13.7. The Balaban J connectivity index is 1.61. The summed E-state index contributed by atoms with van der Waals surface area (Å²) in [6.45, 7) is 3.53. The van der Waals surface area contributed by atoms with E-state index in [2.05, 4.69) is 11.0 Å². The molecule has 0 saturated carbocycles. The van der Waals surface area contributed by atoms with Crippen LogP contribution >= 0.6 is 0 Å². The minimum Gasteiger partial charge on any atom is -0.497 e. The van der Waals surface area contributed by atoms with Gasteiger partial charge in [0, 0.05) is 31.3 Å². The van der Waals surface area contributed by atoms with Gasteiger partial charge >= 0.3 is 0 Å². The second-order valence-electron chi connectivity index (χ2n) is 5.65. The second kappa shape index (κ2) is 7.38. The van der Waals surface area contributed by atoms with E-state index in [9.17, 15) is 0 Å². The molecule has 1 aliphatic rings. The Hall–Kier alpha value is -2.20. The molecule has 0 unspecified atom stereocenters. The summed E-state index contributed by atoms with van der Waals surface area (Å²) in [6.07, 6.45) is 0.994. The number of rotatable bonds is 6. The highest BCUT2D eigenvalue weighted by Crippen LogP contribution is 2.32. The van der Waals surface area contributed by atoms with Crippen LogP contribution in [0.2, 0.25) is 0 Å². The van der Waals surface area contributed by atoms with E-state index in [4.69, 9.17) is 14.2 Å². The SMILES string of the molecule is COc1cc2c(c(OC)c1)CCN(CCOc1ccccc1)C2. The van der Waals surface area contributed by atoms with Crippen LogP contribution in [0.4, 0.5) is 0 Å². The number of methoxy groups -OCH3 is 2. The highest BCUT2D eigenvalue weighted by atomic mass is 16.5. The minimum absolute atomic E-state index is 0.695. The quantitative estimate of drug-likeness (QED) is 0.820. The summed E-state index contributed by atoms with van der Waals surface area (Å²) in [6, 6.07) is 14.0. The minimum atomic E-state index is 0.695. The molecule has 2 aromatic rings. The predicted octanol–water partition coefficient (Wildman–Crippen LogP) is 3.14. The Morgan fingerprint density at radius 1 is 1.00 bits per heavy atom. The monoisotopic (exact) mass is 313 g/mol. The van der Waals surface area contributed by atoms with Crippen molar-refractivity contribution < 1.29 is 14.2 Å². The fraction of sp³-hybridized carbons (Fsp3) is 0.368. The molecular formula is C19H23NO3. The highest BCUT2D eigenvalue weighted by molar-refractivity contribution is 5.47. The lowest BCUT2D eigenvalue weighted by atomic mass is 9.98. The molecule has 1 heterocycles. The Morgan fingerprint density at radius 2 is 1.83 bits per heavy atom. The molecule has 0 amide bonds. The number of ether oxygens (including phenoxy) is 3. The number of hydrogen-bond donors (Lipinski definition) is 0. The molecule has 0 aliphatic carbocycles. The Kier molecular flexibility index (Phi) is 5.03.